The van der Waals surface area contributed by atoms with Gasteiger partial charge in [0.1, 0.15) is 11.4 Å². The van der Waals surface area contributed by atoms with Gasteiger partial charge < -0.3 is 15.5 Å². The molecule has 1 aliphatic carbocycles. The van der Waals surface area contributed by atoms with Gasteiger partial charge in [0.05, 0.1) is 11.3 Å². The maximum absolute atomic E-state index is 13.1. The molecule has 1 aliphatic heterocycles. The number of imidazole rings is 1. The number of fused-ring (bicyclic) bond motifs is 4. The Balaban J connectivity index is 1.84. The van der Waals surface area contributed by atoms with Crippen molar-refractivity contribution >= 4 is 5.95 Å². The number of rotatable bonds is 0. The van der Waals surface area contributed by atoms with Gasteiger partial charge in [-0.3, -0.25) is 0 Å². The third-order valence-electron chi connectivity index (χ3n) is 5.46. The van der Waals surface area contributed by atoms with E-state index in [9.17, 15) is 13.2 Å². The monoisotopic (exact) mass is 351 g/mol. The molecule has 0 saturated heterocycles. The first-order valence-corrected chi connectivity index (χ1v) is 8.36. The van der Waals surface area contributed by atoms with Crippen LogP contribution in [0.15, 0.2) is 18.2 Å². The van der Waals surface area contributed by atoms with Crippen LogP contribution < -0.4 is 10.5 Å². The van der Waals surface area contributed by atoms with E-state index in [0.29, 0.717) is 24.1 Å². The summed E-state index contributed by atoms with van der Waals surface area (Å²) in [5.74, 6) is 0.485. The molecule has 0 unspecified atom stereocenters. The highest BCUT2D eigenvalue weighted by atomic mass is 19.4. The second-order valence-electron chi connectivity index (χ2n) is 7.81. The zero-order valence-electron chi connectivity index (χ0n) is 14.1. The van der Waals surface area contributed by atoms with E-state index in [1.165, 1.54) is 6.07 Å². The average molecular weight is 351 g/mol. The second-order valence-corrected chi connectivity index (χ2v) is 7.81. The number of nitrogens with two attached hydrogens (primary N) is 1. The third kappa shape index (κ3) is 2.56. The van der Waals surface area contributed by atoms with E-state index in [-0.39, 0.29) is 17.1 Å². The van der Waals surface area contributed by atoms with E-state index in [0.717, 1.165) is 30.7 Å². The predicted octanol–water partition coefficient (Wildman–Crippen LogP) is 4.87. The van der Waals surface area contributed by atoms with Gasteiger partial charge in [-0.2, -0.15) is 13.2 Å². The lowest BCUT2D eigenvalue weighted by molar-refractivity contribution is -0.137. The van der Waals surface area contributed by atoms with E-state index in [1.807, 2.05) is 0 Å². The van der Waals surface area contributed by atoms with Crippen LogP contribution in [0.4, 0.5) is 19.1 Å². The molecule has 1 fully saturated rings. The molecule has 4 nitrogen and oxygen atoms in total. The molecule has 2 aromatic rings. The smallest absolute Gasteiger partial charge is 0.416 e. The number of hydrogen-bond donors (Lipinski definition) is 2. The van der Waals surface area contributed by atoms with Crippen LogP contribution in [-0.2, 0) is 11.8 Å². The van der Waals surface area contributed by atoms with Crippen molar-refractivity contribution in [3.05, 3.63) is 29.5 Å². The normalized spacial score (nSPS) is 20.7. The lowest BCUT2D eigenvalue weighted by Gasteiger charge is -2.45. The zero-order valence-corrected chi connectivity index (χ0v) is 14.1. The standard InChI is InChI=1S/C18H20F3N3O/c1-16(2)5-7-17(8-6-16)14-13(23-15(22)24-14)11-4-3-10(18(19,20)21)9-12(11)25-17/h3-4,9H,5-8H2,1-2H3,(H3,22,23,24). The number of aromatic nitrogens is 2. The lowest BCUT2D eigenvalue weighted by Crippen LogP contribution is -2.42. The summed E-state index contributed by atoms with van der Waals surface area (Å²) >= 11 is 0. The number of nitrogen functional groups attached to an aromatic ring is 1. The Hall–Kier alpha value is -2.18. The average Bonchev–Trinajstić information content (AvgIpc) is 2.92. The lowest BCUT2D eigenvalue weighted by atomic mass is 9.68. The Bertz CT molecular complexity index is 829. The van der Waals surface area contributed by atoms with Crippen LogP contribution in [0.3, 0.4) is 0 Å². The van der Waals surface area contributed by atoms with Crippen LogP contribution in [0.25, 0.3) is 11.3 Å². The Labute approximate surface area is 143 Å². The molecule has 0 amide bonds. The second kappa shape index (κ2) is 4.93. The van der Waals surface area contributed by atoms with Crippen molar-refractivity contribution in [3.63, 3.8) is 0 Å². The molecule has 0 atom stereocenters. The molecule has 0 bridgehead atoms. The number of alkyl halides is 3. The minimum atomic E-state index is -4.41. The minimum absolute atomic E-state index is 0.189. The van der Waals surface area contributed by atoms with Gasteiger partial charge in [-0.1, -0.05) is 13.8 Å². The molecular formula is C18H20F3N3O. The molecule has 2 aliphatic rings. The summed E-state index contributed by atoms with van der Waals surface area (Å²) in [6.07, 6.45) is -1.15. The SMILES string of the molecule is CC1(C)CCC2(CC1)Oc1cc(C(F)(F)F)ccc1-c1nc(N)[nH]c12. The highest BCUT2D eigenvalue weighted by molar-refractivity contribution is 5.74. The summed E-state index contributed by atoms with van der Waals surface area (Å²) in [4.78, 5) is 7.42. The molecule has 1 aromatic heterocycles. The summed E-state index contributed by atoms with van der Waals surface area (Å²) in [6, 6.07) is 3.54. The number of hydrogen-bond acceptors (Lipinski definition) is 3. The Morgan fingerprint density at radius 1 is 1.16 bits per heavy atom. The Morgan fingerprint density at radius 3 is 2.48 bits per heavy atom. The van der Waals surface area contributed by atoms with E-state index in [1.54, 1.807) is 0 Å². The van der Waals surface area contributed by atoms with Crippen LogP contribution >= 0.6 is 0 Å². The molecular weight excluding hydrogens is 331 g/mol. The van der Waals surface area contributed by atoms with Gasteiger partial charge in [0.2, 0.25) is 0 Å². The van der Waals surface area contributed by atoms with Crippen molar-refractivity contribution in [3.8, 4) is 17.0 Å². The number of anilines is 1. The maximum atomic E-state index is 13.1. The summed E-state index contributed by atoms with van der Waals surface area (Å²) in [5, 5.41) is 0. The van der Waals surface area contributed by atoms with Crippen LogP contribution in [0.5, 0.6) is 5.75 Å². The zero-order chi connectivity index (χ0) is 18.0. The number of nitrogens with one attached hydrogen (secondary N) is 1. The first-order chi connectivity index (χ1) is 11.6. The quantitative estimate of drug-likeness (QED) is 0.712. The van der Waals surface area contributed by atoms with Gasteiger partial charge in [0.25, 0.3) is 0 Å². The number of benzene rings is 1. The summed E-state index contributed by atoms with van der Waals surface area (Å²) in [7, 11) is 0. The van der Waals surface area contributed by atoms with Crippen molar-refractivity contribution in [1.29, 1.82) is 0 Å². The van der Waals surface area contributed by atoms with Gasteiger partial charge in [-0.25, -0.2) is 4.98 Å². The molecule has 134 valence electrons. The number of nitrogens with zero attached hydrogens (tertiary/aromatic N) is 1. The van der Waals surface area contributed by atoms with E-state index in [2.05, 4.69) is 23.8 Å². The number of halogens is 3. The van der Waals surface area contributed by atoms with Crippen molar-refractivity contribution < 1.29 is 17.9 Å². The van der Waals surface area contributed by atoms with Crippen LogP contribution in [0, 0.1) is 5.41 Å². The van der Waals surface area contributed by atoms with E-state index < -0.39 is 17.3 Å². The molecule has 4 rings (SSSR count). The Morgan fingerprint density at radius 2 is 1.84 bits per heavy atom. The molecule has 1 spiro atoms. The first-order valence-electron chi connectivity index (χ1n) is 8.36. The topological polar surface area (TPSA) is 63.9 Å². The molecule has 25 heavy (non-hydrogen) atoms. The fourth-order valence-corrected chi connectivity index (χ4v) is 3.84. The summed E-state index contributed by atoms with van der Waals surface area (Å²) in [5.41, 5.74) is 6.58. The van der Waals surface area contributed by atoms with Crippen molar-refractivity contribution in [1.82, 2.24) is 9.97 Å². The fourth-order valence-electron chi connectivity index (χ4n) is 3.84. The number of aromatic amines is 1. The molecule has 0 radical (unpaired) electrons. The van der Waals surface area contributed by atoms with Crippen molar-refractivity contribution in [2.45, 2.75) is 51.3 Å². The molecule has 1 saturated carbocycles. The minimum Gasteiger partial charge on any atom is -0.480 e. The van der Waals surface area contributed by atoms with Crippen LogP contribution in [0.1, 0.15) is 50.8 Å². The van der Waals surface area contributed by atoms with E-state index >= 15 is 0 Å². The molecule has 7 heteroatoms. The van der Waals surface area contributed by atoms with Gasteiger partial charge in [-0.05, 0) is 49.3 Å². The maximum Gasteiger partial charge on any atom is 0.416 e. The number of ether oxygens (including phenoxy) is 1. The number of H-pyrrole nitrogens is 1. The van der Waals surface area contributed by atoms with E-state index in [4.69, 9.17) is 10.5 Å². The summed E-state index contributed by atoms with van der Waals surface area (Å²) in [6.45, 7) is 4.39. The highest BCUT2D eigenvalue weighted by Crippen LogP contribution is 2.54. The first kappa shape index (κ1) is 16.3. The highest BCUT2D eigenvalue weighted by Gasteiger charge is 2.48. The molecule has 1 aromatic carbocycles. The predicted molar refractivity (Wildman–Crippen MR) is 88.0 cm³/mol. The molecule has 2 heterocycles. The van der Waals surface area contributed by atoms with Gasteiger partial charge in [0, 0.05) is 5.56 Å². The van der Waals surface area contributed by atoms with Crippen molar-refractivity contribution in [2.75, 3.05) is 5.73 Å². The molecule has 3 N–H and O–H groups in total. The summed E-state index contributed by atoms with van der Waals surface area (Å²) < 4.78 is 45.5. The largest absolute Gasteiger partial charge is 0.480 e. The van der Waals surface area contributed by atoms with Crippen LogP contribution in [-0.4, -0.2) is 9.97 Å². The third-order valence-corrected chi connectivity index (χ3v) is 5.46. The van der Waals surface area contributed by atoms with Gasteiger partial charge >= 0.3 is 6.18 Å². The fraction of sp³-hybridized carbons (Fsp3) is 0.500. The van der Waals surface area contributed by atoms with Crippen LogP contribution in [0.2, 0.25) is 0 Å². The van der Waals surface area contributed by atoms with Gasteiger partial charge in [-0.15, -0.1) is 0 Å². The Kier molecular flexibility index (Phi) is 3.21. The van der Waals surface area contributed by atoms with Gasteiger partial charge in [0.15, 0.2) is 11.5 Å². The van der Waals surface area contributed by atoms with Crippen molar-refractivity contribution in [2.24, 2.45) is 5.41 Å².